The van der Waals surface area contributed by atoms with E-state index in [1.807, 2.05) is 31.3 Å². The third-order valence-corrected chi connectivity index (χ3v) is 4.67. The number of hydrogen-bond donors (Lipinski definition) is 2. The van der Waals surface area contributed by atoms with Gasteiger partial charge < -0.3 is 16.0 Å². The minimum atomic E-state index is -0.261. The van der Waals surface area contributed by atoms with E-state index >= 15 is 0 Å². The van der Waals surface area contributed by atoms with Crippen LogP contribution in [0.1, 0.15) is 17.3 Å². The highest BCUT2D eigenvalue weighted by molar-refractivity contribution is 6.33. The molecular formula is C21H21ClN4O. The third kappa shape index (κ3) is 4.20. The topological polar surface area (TPSA) is 71.2 Å². The van der Waals surface area contributed by atoms with Crippen molar-refractivity contribution in [1.82, 2.24) is 4.98 Å². The van der Waals surface area contributed by atoms with Crippen LogP contribution in [0.2, 0.25) is 5.02 Å². The van der Waals surface area contributed by atoms with Crippen LogP contribution in [0.4, 0.5) is 17.1 Å². The van der Waals surface area contributed by atoms with Gasteiger partial charge in [-0.2, -0.15) is 0 Å². The molecule has 138 valence electrons. The molecule has 1 heterocycles. The van der Waals surface area contributed by atoms with Gasteiger partial charge in [0.25, 0.3) is 5.91 Å². The van der Waals surface area contributed by atoms with E-state index in [1.54, 1.807) is 36.5 Å². The van der Waals surface area contributed by atoms with Crippen molar-refractivity contribution in [3.8, 4) is 11.3 Å². The Labute approximate surface area is 163 Å². The SMILES string of the molecule is CCN(C)c1ccc(NC(=O)c2ccc(-c3ncccc3Cl)cc2N)cc1. The van der Waals surface area contributed by atoms with E-state index in [2.05, 4.69) is 22.1 Å². The van der Waals surface area contributed by atoms with E-state index in [1.165, 1.54) is 0 Å². The zero-order valence-corrected chi connectivity index (χ0v) is 16.0. The summed E-state index contributed by atoms with van der Waals surface area (Å²) >= 11 is 6.18. The van der Waals surface area contributed by atoms with E-state index in [0.29, 0.717) is 27.7 Å². The Hall–Kier alpha value is -3.05. The first-order valence-electron chi connectivity index (χ1n) is 8.62. The molecule has 1 aromatic heterocycles. The van der Waals surface area contributed by atoms with E-state index in [0.717, 1.165) is 17.8 Å². The van der Waals surface area contributed by atoms with Crippen molar-refractivity contribution in [1.29, 1.82) is 0 Å². The summed E-state index contributed by atoms with van der Waals surface area (Å²) in [6.45, 7) is 3.00. The fourth-order valence-corrected chi connectivity index (χ4v) is 2.93. The molecule has 1 amide bonds. The van der Waals surface area contributed by atoms with E-state index in [9.17, 15) is 4.79 Å². The second-order valence-corrected chi connectivity index (χ2v) is 6.56. The number of nitrogens with one attached hydrogen (secondary N) is 1. The minimum Gasteiger partial charge on any atom is -0.398 e. The Bertz CT molecular complexity index is 957. The minimum absolute atomic E-state index is 0.261. The lowest BCUT2D eigenvalue weighted by atomic mass is 10.1. The maximum absolute atomic E-state index is 12.6. The number of halogens is 1. The first-order valence-corrected chi connectivity index (χ1v) is 9.00. The van der Waals surface area contributed by atoms with Crippen LogP contribution in [0.5, 0.6) is 0 Å². The van der Waals surface area contributed by atoms with Gasteiger partial charge in [-0.3, -0.25) is 9.78 Å². The van der Waals surface area contributed by atoms with Crippen molar-refractivity contribution in [2.45, 2.75) is 6.92 Å². The van der Waals surface area contributed by atoms with Gasteiger partial charge in [0.2, 0.25) is 0 Å². The van der Waals surface area contributed by atoms with Gasteiger partial charge in [-0.25, -0.2) is 0 Å². The average molecular weight is 381 g/mol. The monoisotopic (exact) mass is 380 g/mol. The number of carbonyl (C=O) groups is 1. The Morgan fingerprint density at radius 2 is 1.93 bits per heavy atom. The van der Waals surface area contributed by atoms with Gasteiger partial charge in [-0.1, -0.05) is 17.7 Å². The molecule has 3 aromatic rings. The molecule has 0 spiro atoms. The molecule has 0 unspecified atom stereocenters. The summed E-state index contributed by atoms with van der Waals surface area (Å²) in [5.41, 5.74) is 10.1. The summed E-state index contributed by atoms with van der Waals surface area (Å²) in [4.78, 5) is 19.0. The standard InChI is InChI=1S/C21H21ClN4O/c1-3-26(2)16-9-7-15(8-10-16)25-21(27)17-11-6-14(13-19(17)23)20-18(22)5-4-12-24-20/h4-13H,3,23H2,1-2H3,(H,25,27). The molecule has 27 heavy (non-hydrogen) atoms. The van der Waals surface area contributed by atoms with Gasteiger partial charge in [0.05, 0.1) is 16.3 Å². The number of carbonyl (C=O) groups excluding carboxylic acids is 1. The number of amides is 1. The van der Waals surface area contributed by atoms with Crippen molar-refractivity contribution in [2.24, 2.45) is 0 Å². The number of anilines is 3. The first-order chi connectivity index (χ1) is 13.0. The van der Waals surface area contributed by atoms with Crippen LogP contribution in [0.3, 0.4) is 0 Å². The van der Waals surface area contributed by atoms with E-state index < -0.39 is 0 Å². The Morgan fingerprint density at radius 3 is 2.56 bits per heavy atom. The largest absolute Gasteiger partial charge is 0.398 e. The maximum atomic E-state index is 12.6. The number of pyridine rings is 1. The van der Waals surface area contributed by atoms with Crippen LogP contribution < -0.4 is 16.0 Å². The molecular weight excluding hydrogens is 360 g/mol. The number of benzene rings is 2. The summed E-state index contributed by atoms with van der Waals surface area (Å²) in [5, 5.41) is 3.41. The van der Waals surface area contributed by atoms with Crippen LogP contribution in [-0.2, 0) is 0 Å². The molecule has 5 nitrogen and oxygen atoms in total. The zero-order valence-electron chi connectivity index (χ0n) is 15.2. The molecule has 0 saturated heterocycles. The fraction of sp³-hybridized carbons (Fsp3) is 0.143. The predicted octanol–water partition coefficient (Wildman–Crippen LogP) is 4.69. The number of nitrogen functional groups attached to an aromatic ring is 1. The van der Waals surface area contributed by atoms with E-state index in [-0.39, 0.29) is 5.91 Å². The molecule has 0 aliphatic rings. The molecule has 3 rings (SSSR count). The van der Waals surface area contributed by atoms with Gasteiger partial charge in [0.1, 0.15) is 0 Å². The van der Waals surface area contributed by atoms with Gasteiger partial charge in [0, 0.05) is 42.4 Å². The molecule has 0 atom stereocenters. The van der Waals surface area contributed by atoms with Crippen LogP contribution in [0, 0.1) is 0 Å². The second kappa shape index (κ2) is 8.10. The molecule has 0 fully saturated rings. The lowest BCUT2D eigenvalue weighted by Gasteiger charge is -2.17. The van der Waals surface area contributed by atoms with Gasteiger partial charge in [-0.15, -0.1) is 0 Å². The summed E-state index contributed by atoms with van der Waals surface area (Å²) in [6.07, 6.45) is 1.66. The quantitative estimate of drug-likeness (QED) is 0.630. The first kappa shape index (κ1) is 18.7. The Balaban J connectivity index is 1.78. The maximum Gasteiger partial charge on any atom is 0.257 e. The second-order valence-electron chi connectivity index (χ2n) is 6.15. The van der Waals surface area contributed by atoms with Gasteiger partial charge in [0.15, 0.2) is 0 Å². The summed E-state index contributed by atoms with van der Waals surface area (Å²) < 4.78 is 0. The highest BCUT2D eigenvalue weighted by Crippen LogP contribution is 2.28. The molecule has 3 N–H and O–H groups in total. The Morgan fingerprint density at radius 1 is 1.19 bits per heavy atom. The summed E-state index contributed by atoms with van der Waals surface area (Å²) in [5.74, 6) is -0.261. The number of nitrogens with zero attached hydrogens (tertiary/aromatic N) is 2. The average Bonchev–Trinajstić information content (AvgIpc) is 2.68. The molecule has 0 saturated carbocycles. The zero-order chi connectivity index (χ0) is 19.4. The molecule has 0 aliphatic heterocycles. The summed E-state index contributed by atoms with van der Waals surface area (Å²) in [6, 6.07) is 16.4. The molecule has 2 aromatic carbocycles. The molecule has 0 radical (unpaired) electrons. The number of nitrogens with two attached hydrogens (primary N) is 1. The molecule has 0 bridgehead atoms. The van der Waals surface area contributed by atoms with Crippen LogP contribution in [0.15, 0.2) is 60.8 Å². The molecule has 6 heteroatoms. The highest BCUT2D eigenvalue weighted by atomic mass is 35.5. The van der Waals surface area contributed by atoms with Crippen molar-refractivity contribution >= 4 is 34.6 Å². The molecule has 0 aliphatic carbocycles. The smallest absolute Gasteiger partial charge is 0.257 e. The van der Waals surface area contributed by atoms with Crippen molar-refractivity contribution in [3.05, 3.63) is 71.4 Å². The Kier molecular flexibility index (Phi) is 5.62. The third-order valence-electron chi connectivity index (χ3n) is 4.37. The van der Waals surface area contributed by atoms with E-state index in [4.69, 9.17) is 17.3 Å². The summed E-state index contributed by atoms with van der Waals surface area (Å²) in [7, 11) is 2.02. The van der Waals surface area contributed by atoms with Crippen molar-refractivity contribution < 1.29 is 4.79 Å². The number of hydrogen-bond acceptors (Lipinski definition) is 4. The van der Waals surface area contributed by atoms with Crippen molar-refractivity contribution in [3.63, 3.8) is 0 Å². The number of rotatable bonds is 5. The lowest BCUT2D eigenvalue weighted by molar-refractivity contribution is 0.102. The lowest BCUT2D eigenvalue weighted by Crippen LogP contribution is -2.16. The fourth-order valence-electron chi connectivity index (χ4n) is 2.70. The van der Waals surface area contributed by atoms with Crippen LogP contribution >= 0.6 is 11.6 Å². The van der Waals surface area contributed by atoms with Crippen molar-refractivity contribution in [2.75, 3.05) is 29.5 Å². The normalized spacial score (nSPS) is 10.5. The number of aromatic nitrogens is 1. The van der Waals surface area contributed by atoms with Gasteiger partial charge in [-0.05, 0) is 55.5 Å². The van der Waals surface area contributed by atoms with Crippen LogP contribution in [0.25, 0.3) is 11.3 Å². The van der Waals surface area contributed by atoms with Crippen LogP contribution in [-0.4, -0.2) is 24.5 Å². The van der Waals surface area contributed by atoms with Gasteiger partial charge >= 0.3 is 0 Å². The predicted molar refractivity (Wildman–Crippen MR) is 112 cm³/mol. The highest BCUT2D eigenvalue weighted by Gasteiger charge is 2.13.